The van der Waals surface area contributed by atoms with Gasteiger partial charge in [0.1, 0.15) is 0 Å². The molecule has 3 rings (SSSR count). The molecule has 2 aliphatic rings. The van der Waals surface area contributed by atoms with Crippen LogP contribution in [0.3, 0.4) is 0 Å². The first kappa shape index (κ1) is 19.6. The second kappa shape index (κ2) is 8.22. The maximum Gasteiger partial charge on any atom is 0.243 e. The summed E-state index contributed by atoms with van der Waals surface area (Å²) in [5.74, 6) is -0.147. The largest absolute Gasteiger partial charge is 0.350 e. The molecule has 8 heteroatoms. The van der Waals surface area contributed by atoms with Crippen LogP contribution in [0.5, 0.6) is 0 Å². The SMILES string of the molecule is C=CC(=O)NC1CCCN(S(=O)(=O)c2ccc(NC(=O)C3CC3)cc2)CC1. The molecule has 1 atom stereocenters. The molecule has 0 spiro atoms. The van der Waals surface area contributed by atoms with Gasteiger partial charge in [-0.05, 0) is 62.4 Å². The number of hydrogen-bond donors (Lipinski definition) is 2. The summed E-state index contributed by atoms with van der Waals surface area (Å²) in [6.07, 6.45) is 5.04. The van der Waals surface area contributed by atoms with Crippen LogP contribution in [0.1, 0.15) is 32.1 Å². The fourth-order valence-electron chi connectivity index (χ4n) is 3.16. The van der Waals surface area contributed by atoms with Gasteiger partial charge in [0.2, 0.25) is 21.8 Å². The van der Waals surface area contributed by atoms with Crippen LogP contribution in [0.25, 0.3) is 0 Å². The van der Waals surface area contributed by atoms with Crippen LogP contribution >= 0.6 is 0 Å². The van der Waals surface area contributed by atoms with E-state index in [9.17, 15) is 18.0 Å². The van der Waals surface area contributed by atoms with Crippen molar-refractivity contribution in [2.75, 3.05) is 18.4 Å². The van der Waals surface area contributed by atoms with E-state index in [0.29, 0.717) is 31.6 Å². The van der Waals surface area contributed by atoms with Crippen LogP contribution in [0, 0.1) is 5.92 Å². The van der Waals surface area contributed by atoms with Gasteiger partial charge < -0.3 is 10.6 Å². The lowest BCUT2D eigenvalue weighted by Crippen LogP contribution is -2.36. The molecule has 0 radical (unpaired) electrons. The Hall–Kier alpha value is -2.19. The lowest BCUT2D eigenvalue weighted by atomic mass is 10.1. The third-order valence-electron chi connectivity index (χ3n) is 4.93. The summed E-state index contributed by atoms with van der Waals surface area (Å²) in [5, 5.41) is 5.65. The predicted molar refractivity (Wildman–Crippen MR) is 103 cm³/mol. The molecule has 1 aliphatic heterocycles. The molecule has 1 unspecified atom stereocenters. The Morgan fingerprint density at radius 1 is 1.07 bits per heavy atom. The van der Waals surface area contributed by atoms with Gasteiger partial charge in [0.15, 0.2) is 0 Å². The lowest BCUT2D eigenvalue weighted by molar-refractivity contribution is -0.118. The molecule has 2 N–H and O–H groups in total. The maximum atomic E-state index is 12.9. The van der Waals surface area contributed by atoms with Crippen molar-refractivity contribution in [3.63, 3.8) is 0 Å². The molecule has 1 heterocycles. The second-order valence-corrected chi connectivity index (χ2v) is 8.97. The van der Waals surface area contributed by atoms with Gasteiger partial charge in [0.25, 0.3) is 0 Å². The van der Waals surface area contributed by atoms with E-state index >= 15 is 0 Å². The van der Waals surface area contributed by atoms with Gasteiger partial charge in [-0.15, -0.1) is 0 Å². The van der Waals surface area contributed by atoms with Gasteiger partial charge in [-0.25, -0.2) is 8.42 Å². The number of hydrogen-bond acceptors (Lipinski definition) is 4. The summed E-state index contributed by atoms with van der Waals surface area (Å²) >= 11 is 0. The molecule has 1 aromatic rings. The van der Waals surface area contributed by atoms with E-state index in [1.807, 2.05) is 0 Å². The zero-order chi connectivity index (χ0) is 19.4. The quantitative estimate of drug-likeness (QED) is 0.724. The number of amides is 2. The Labute approximate surface area is 159 Å². The Balaban J connectivity index is 1.63. The molecule has 146 valence electrons. The van der Waals surface area contributed by atoms with Gasteiger partial charge in [-0.2, -0.15) is 4.31 Å². The van der Waals surface area contributed by atoms with Crippen molar-refractivity contribution in [2.24, 2.45) is 5.92 Å². The molecule has 0 bridgehead atoms. The van der Waals surface area contributed by atoms with Crippen molar-refractivity contribution in [2.45, 2.75) is 43.0 Å². The van der Waals surface area contributed by atoms with Crippen LogP contribution < -0.4 is 10.6 Å². The number of rotatable bonds is 6. The summed E-state index contributed by atoms with van der Waals surface area (Å²) < 4.78 is 27.3. The number of nitrogens with one attached hydrogen (secondary N) is 2. The average Bonchev–Trinajstić information content (AvgIpc) is 3.49. The van der Waals surface area contributed by atoms with Crippen molar-refractivity contribution in [3.8, 4) is 0 Å². The highest BCUT2D eigenvalue weighted by atomic mass is 32.2. The summed E-state index contributed by atoms with van der Waals surface area (Å²) in [7, 11) is -3.60. The minimum absolute atomic E-state index is 0.00858. The van der Waals surface area contributed by atoms with Crippen LogP contribution in [0.2, 0.25) is 0 Å². The third-order valence-corrected chi connectivity index (χ3v) is 6.84. The minimum Gasteiger partial charge on any atom is -0.350 e. The van der Waals surface area contributed by atoms with Gasteiger partial charge in [0, 0.05) is 30.7 Å². The fraction of sp³-hybridized carbons (Fsp3) is 0.474. The molecule has 27 heavy (non-hydrogen) atoms. The van der Waals surface area contributed by atoms with Crippen LogP contribution in [-0.2, 0) is 19.6 Å². The first-order chi connectivity index (χ1) is 12.9. The minimum atomic E-state index is -3.60. The van der Waals surface area contributed by atoms with Crippen LogP contribution in [0.15, 0.2) is 41.8 Å². The van der Waals surface area contributed by atoms with Crippen molar-refractivity contribution < 1.29 is 18.0 Å². The summed E-state index contributed by atoms with van der Waals surface area (Å²) in [4.78, 5) is 23.5. The zero-order valence-corrected chi connectivity index (χ0v) is 16.0. The number of benzene rings is 1. The molecule has 1 saturated heterocycles. The van der Waals surface area contributed by atoms with Gasteiger partial charge in [-0.1, -0.05) is 6.58 Å². The molecule has 2 fully saturated rings. The first-order valence-electron chi connectivity index (χ1n) is 9.24. The summed E-state index contributed by atoms with van der Waals surface area (Å²) in [5.41, 5.74) is 0.605. The third kappa shape index (κ3) is 4.95. The van der Waals surface area contributed by atoms with Crippen molar-refractivity contribution in [1.29, 1.82) is 0 Å². The second-order valence-electron chi connectivity index (χ2n) is 7.03. The molecule has 1 aromatic carbocycles. The maximum absolute atomic E-state index is 12.9. The highest BCUT2D eigenvalue weighted by Gasteiger charge is 2.30. The van der Waals surface area contributed by atoms with E-state index in [4.69, 9.17) is 0 Å². The van der Waals surface area contributed by atoms with E-state index in [-0.39, 0.29) is 28.7 Å². The number of nitrogens with zero attached hydrogens (tertiary/aromatic N) is 1. The average molecular weight is 391 g/mol. The predicted octanol–water partition coefficient (Wildman–Crippen LogP) is 1.88. The number of carbonyl (C=O) groups is 2. The van der Waals surface area contributed by atoms with Crippen molar-refractivity contribution in [1.82, 2.24) is 9.62 Å². The Bertz CT molecular complexity index is 816. The van der Waals surface area contributed by atoms with E-state index in [2.05, 4.69) is 17.2 Å². The monoisotopic (exact) mass is 391 g/mol. The van der Waals surface area contributed by atoms with Crippen molar-refractivity contribution in [3.05, 3.63) is 36.9 Å². The van der Waals surface area contributed by atoms with E-state index < -0.39 is 10.0 Å². The highest BCUT2D eigenvalue weighted by molar-refractivity contribution is 7.89. The topological polar surface area (TPSA) is 95.6 Å². The Morgan fingerprint density at radius 2 is 1.78 bits per heavy atom. The summed E-state index contributed by atoms with van der Waals surface area (Å²) in [6.45, 7) is 4.21. The Kier molecular flexibility index (Phi) is 5.96. The zero-order valence-electron chi connectivity index (χ0n) is 15.2. The van der Waals surface area contributed by atoms with Crippen molar-refractivity contribution >= 4 is 27.5 Å². The van der Waals surface area contributed by atoms with E-state index in [0.717, 1.165) is 19.3 Å². The van der Waals surface area contributed by atoms with Gasteiger partial charge in [-0.3, -0.25) is 9.59 Å². The first-order valence-corrected chi connectivity index (χ1v) is 10.7. The number of anilines is 1. The van der Waals surface area contributed by atoms with E-state index in [1.54, 1.807) is 12.1 Å². The molecule has 0 aromatic heterocycles. The molecule has 7 nitrogen and oxygen atoms in total. The van der Waals surface area contributed by atoms with Crippen LogP contribution in [0.4, 0.5) is 5.69 Å². The molecular weight excluding hydrogens is 366 g/mol. The highest BCUT2D eigenvalue weighted by Crippen LogP contribution is 2.30. The van der Waals surface area contributed by atoms with E-state index in [1.165, 1.54) is 22.5 Å². The standard InChI is InChI=1S/C19H25N3O4S/c1-2-18(23)20-15-4-3-12-22(13-11-15)27(25,26)17-9-7-16(8-10-17)21-19(24)14-5-6-14/h2,7-10,14-15H,1,3-6,11-13H2,(H,20,23)(H,21,24). The lowest BCUT2D eigenvalue weighted by Gasteiger charge is -2.20. The molecule has 1 aliphatic carbocycles. The fourth-order valence-corrected chi connectivity index (χ4v) is 4.66. The molecule has 2 amide bonds. The number of carbonyl (C=O) groups excluding carboxylic acids is 2. The van der Waals surface area contributed by atoms with Gasteiger partial charge >= 0.3 is 0 Å². The number of sulfonamides is 1. The normalized spacial score (nSPS) is 21.1. The smallest absolute Gasteiger partial charge is 0.243 e. The molecule has 1 saturated carbocycles. The summed E-state index contributed by atoms with van der Waals surface area (Å²) in [6, 6.07) is 6.26. The molecular formula is C19H25N3O4S. The van der Waals surface area contributed by atoms with Crippen LogP contribution in [-0.4, -0.2) is 43.7 Å². The Morgan fingerprint density at radius 3 is 2.41 bits per heavy atom. The van der Waals surface area contributed by atoms with Gasteiger partial charge in [0.05, 0.1) is 4.90 Å².